The van der Waals surface area contributed by atoms with Gasteiger partial charge in [0.15, 0.2) is 0 Å². The first kappa shape index (κ1) is 12.3. The van der Waals surface area contributed by atoms with E-state index in [1.54, 1.807) is 7.11 Å². The first-order chi connectivity index (χ1) is 8.76. The number of ether oxygens (including phenoxy) is 1. The Labute approximate surface area is 117 Å². The second-order valence-electron chi connectivity index (χ2n) is 5.67. The molecule has 0 aliphatic heterocycles. The van der Waals surface area contributed by atoms with E-state index in [9.17, 15) is 0 Å². The Kier molecular flexibility index (Phi) is 3.51. The van der Waals surface area contributed by atoms with E-state index in [0.29, 0.717) is 0 Å². The zero-order chi connectivity index (χ0) is 12.5. The molecule has 98 valence electrons. The Hall–Kier alpha value is -0.700. The molecule has 3 rings (SSSR count). The van der Waals surface area contributed by atoms with Crippen molar-refractivity contribution < 1.29 is 4.74 Å². The predicted molar refractivity (Wildman–Crippen MR) is 78.1 cm³/mol. The van der Waals surface area contributed by atoms with Crippen molar-refractivity contribution in [2.45, 2.75) is 25.7 Å². The van der Waals surface area contributed by atoms with E-state index in [4.69, 9.17) is 4.74 Å². The molecule has 1 aromatic rings. The molecule has 3 unspecified atom stereocenters. The molecule has 2 fully saturated rings. The summed E-state index contributed by atoms with van der Waals surface area (Å²) in [6, 6.07) is 6.20. The summed E-state index contributed by atoms with van der Waals surface area (Å²) in [4.78, 5) is 0. The highest BCUT2D eigenvalue weighted by Gasteiger charge is 2.38. The SMILES string of the molecule is COc1ccc(NCC2CC3CCC2C3)cc1Br. The minimum atomic E-state index is 0.889. The summed E-state index contributed by atoms with van der Waals surface area (Å²) < 4.78 is 6.26. The number of fused-ring (bicyclic) bond motifs is 2. The molecule has 0 saturated heterocycles. The average molecular weight is 310 g/mol. The van der Waals surface area contributed by atoms with Crippen LogP contribution in [0.3, 0.4) is 0 Å². The largest absolute Gasteiger partial charge is 0.496 e. The molecule has 2 aliphatic carbocycles. The molecular weight excluding hydrogens is 290 g/mol. The molecule has 3 atom stereocenters. The number of hydrogen-bond acceptors (Lipinski definition) is 2. The minimum Gasteiger partial charge on any atom is -0.496 e. The molecule has 0 aromatic heterocycles. The van der Waals surface area contributed by atoms with Gasteiger partial charge in [-0.1, -0.05) is 6.42 Å². The van der Waals surface area contributed by atoms with Crippen LogP contribution >= 0.6 is 15.9 Å². The van der Waals surface area contributed by atoms with Crippen molar-refractivity contribution in [1.29, 1.82) is 0 Å². The van der Waals surface area contributed by atoms with Gasteiger partial charge >= 0.3 is 0 Å². The van der Waals surface area contributed by atoms with Gasteiger partial charge in [0, 0.05) is 12.2 Å². The summed E-state index contributed by atoms with van der Waals surface area (Å²) in [6.45, 7) is 1.12. The molecule has 0 radical (unpaired) electrons. The average Bonchev–Trinajstić information content (AvgIpc) is 2.98. The van der Waals surface area contributed by atoms with E-state index in [-0.39, 0.29) is 0 Å². The summed E-state index contributed by atoms with van der Waals surface area (Å²) in [5, 5.41) is 3.58. The molecule has 0 heterocycles. The van der Waals surface area contributed by atoms with Crippen LogP contribution in [0.1, 0.15) is 25.7 Å². The molecule has 2 bridgehead atoms. The number of halogens is 1. The maximum absolute atomic E-state index is 5.24. The van der Waals surface area contributed by atoms with Crippen molar-refractivity contribution in [2.24, 2.45) is 17.8 Å². The van der Waals surface area contributed by atoms with E-state index in [2.05, 4.69) is 33.4 Å². The van der Waals surface area contributed by atoms with Gasteiger partial charge in [-0.05, 0) is 71.1 Å². The first-order valence-electron chi connectivity index (χ1n) is 6.83. The number of rotatable bonds is 4. The number of anilines is 1. The van der Waals surface area contributed by atoms with Gasteiger partial charge in [0.2, 0.25) is 0 Å². The Morgan fingerprint density at radius 2 is 2.22 bits per heavy atom. The fraction of sp³-hybridized carbons (Fsp3) is 0.600. The molecule has 1 aromatic carbocycles. The van der Waals surface area contributed by atoms with Gasteiger partial charge in [-0.2, -0.15) is 0 Å². The molecule has 1 N–H and O–H groups in total. The lowest BCUT2D eigenvalue weighted by atomic mass is 9.89. The van der Waals surface area contributed by atoms with Gasteiger partial charge in [0.25, 0.3) is 0 Å². The molecule has 2 saturated carbocycles. The summed E-state index contributed by atoms with van der Waals surface area (Å²) in [5.74, 6) is 3.80. The summed E-state index contributed by atoms with van der Waals surface area (Å²) >= 11 is 3.53. The number of nitrogens with one attached hydrogen (secondary N) is 1. The van der Waals surface area contributed by atoms with Crippen molar-refractivity contribution in [3.8, 4) is 5.75 Å². The van der Waals surface area contributed by atoms with E-state index < -0.39 is 0 Å². The maximum Gasteiger partial charge on any atom is 0.133 e. The van der Waals surface area contributed by atoms with Gasteiger partial charge in [0.1, 0.15) is 5.75 Å². The maximum atomic E-state index is 5.24. The Morgan fingerprint density at radius 1 is 1.33 bits per heavy atom. The lowest BCUT2D eigenvalue weighted by Gasteiger charge is -2.22. The van der Waals surface area contributed by atoms with E-state index >= 15 is 0 Å². The van der Waals surface area contributed by atoms with Gasteiger partial charge in [-0.25, -0.2) is 0 Å². The third-order valence-corrected chi connectivity index (χ3v) is 5.22. The Bertz CT molecular complexity index is 435. The fourth-order valence-corrected chi connectivity index (χ4v) is 4.19. The highest BCUT2D eigenvalue weighted by Crippen LogP contribution is 2.48. The number of hydrogen-bond donors (Lipinski definition) is 1. The number of benzene rings is 1. The second-order valence-corrected chi connectivity index (χ2v) is 6.52. The second kappa shape index (κ2) is 5.12. The van der Waals surface area contributed by atoms with Crippen molar-refractivity contribution in [1.82, 2.24) is 0 Å². The molecule has 2 nitrogen and oxygen atoms in total. The van der Waals surface area contributed by atoms with Crippen LogP contribution in [0.5, 0.6) is 5.75 Å². The van der Waals surface area contributed by atoms with E-state index in [1.807, 2.05) is 6.07 Å². The monoisotopic (exact) mass is 309 g/mol. The van der Waals surface area contributed by atoms with Gasteiger partial charge < -0.3 is 10.1 Å². The standard InChI is InChI=1S/C15H20BrNO/c1-18-15-5-4-13(8-14(15)16)17-9-12-7-10-2-3-11(12)6-10/h4-5,8,10-12,17H,2-3,6-7,9H2,1H3. The zero-order valence-electron chi connectivity index (χ0n) is 10.8. The Balaban J connectivity index is 1.58. The fourth-order valence-electron chi connectivity index (χ4n) is 3.65. The van der Waals surface area contributed by atoms with Crippen molar-refractivity contribution in [3.05, 3.63) is 22.7 Å². The highest BCUT2D eigenvalue weighted by atomic mass is 79.9. The van der Waals surface area contributed by atoms with Gasteiger partial charge in [-0.15, -0.1) is 0 Å². The lowest BCUT2D eigenvalue weighted by molar-refractivity contribution is 0.348. The Morgan fingerprint density at radius 3 is 2.83 bits per heavy atom. The molecule has 18 heavy (non-hydrogen) atoms. The topological polar surface area (TPSA) is 21.3 Å². The highest BCUT2D eigenvalue weighted by molar-refractivity contribution is 9.10. The molecule has 2 aliphatic rings. The first-order valence-corrected chi connectivity index (χ1v) is 7.63. The van der Waals surface area contributed by atoms with Crippen LogP contribution in [0.2, 0.25) is 0 Å². The normalized spacial score (nSPS) is 29.6. The molecule has 0 spiro atoms. The van der Waals surface area contributed by atoms with Crippen LogP contribution in [0, 0.1) is 17.8 Å². The van der Waals surface area contributed by atoms with Gasteiger partial charge in [-0.3, -0.25) is 0 Å². The summed E-state index contributed by atoms with van der Waals surface area (Å²) in [7, 11) is 1.70. The predicted octanol–water partition coefficient (Wildman–Crippen LogP) is 4.31. The smallest absolute Gasteiger partial charge is 0.133 e. The van der Waals surface area contributed by atoms with Crippen LogP contribution in [0.4, 0.5) is 5.69 Å². The van der Waals surface area contributed by atoms with Crippen LogP contribution in [-0.2, 0) is 0 Å². The zero-order valence-corrected chi connectivity index (χ0v) is 12.4. The van der Waals surface area contributed by atoms with Crippen LogP contribution in [0.25, 0.3) is 0 Å². The van der Waals surface area contributed by atoms with Gasteiger partial charge in [0.05, 0.1) is 11.6 Å². The third-order valence-electron chi connectivity index (χ3n) is 4.60. The third kappa shape index (κ3) is 2.37. The van der Waals surface area contributed by atoms with E-state index in [0.717, 1.165) is 34.5 Å². The summed E-state index contributed by atoms with van der Waals surface area (Å²) in [5.41, 5.74) is 1.19. The lowest BCUT2D eigenvalue weighted by Crippen LogP contribution is -2.20. The van der Waals surface area contributed by atoms with Crippen molar-refractivity contribution >= 4 is 21.6 Å². The molecular formula is C15H20BrNO. The number of methoxy groups -OCH3 is 1. The van der Waals surface area contributed by atoms with Crippen LogP contribution in [0.15, 0.2) is 22.7 Å². The summed E-state index contributed by atoms with van der Waals surface area (Å²) in [6.07, 6.45) is 5.87. The van der Waals surface area contributed by atoms with Crippen molar-refractivity contribution in [3.63, 3.8) is 0 Å². The van der Waals surface area contributed by atoms with Crippen LogP contribution in [-0.4, -0.2) is 13.7 Å². The van der Waals surface area contributed by atoms with Crippen LogP contribution < -0.4 is 10.1 Å². The van der Waals surface area contributed by atoms with Crippen molar-refractivity contribution in [2.75, 3.05) is 19.0 Å². The molecule has 0 amide bonds. The molecule has 3 heteroatoms. The van der Waals surface area contributed by atoms with E-state index in [1.165, 1.54) is 31.4 Å². The quantitative estimate of drug-likeness (QED) is 0.895. The minimum absolute atomic E-state index is 0.889.